The molecule has 0 aliphatic rings. The van der Waals surface area contributed by atoms with Gasteiger partial charge in [-0.05, 0) is 30.5 Å². The van der Waals surface area contributed by atoms with Gasteiger partial charge in [-0.15, -0.1) is 0 Å². The van der Waals surface area contributed by atoms with Gasteiger partial charge in [0, 0.05) is 5.69 Å². The molecule has 1 nitrogen and oxygen atoms in total. The maximum absolute atomic E-state index is 5.64. The van der Waals surface area contributed by atoms with Crippen LogP contribution in [-0.2, 0) is 6.42 Å². The van der Waals surface area contributed by atoms with Crippen LogP contribution in [0.25, 0.3) is 0 Å². The third-order valence-corrected chi connectivity index (χ3v) is 1.74. The zero-order valence-electron chi connectivity index (χ0n) is 6.52. The molecule has 0 amide bonds. The smallest absolute Gasteiger partial charge is 0.0343 e. The van der Waals surface area contributed by atoms with E-state index in [-0.39, 0.29) is 7.43 Å². The minimum Gasteiger partial charge on any atom is -0.399 e. The van der Waals surface area contributed by atoms with Gasteiger partial charge in [0.25, 0.3) is 0 Å². The molecule has 0 atom stereocenters. The number of anilines is 1. The Kier molecular flexibility index (Phi) is 3.66. The Morgan fingerprint density at radius 2 is 2.00 bits per heavy atom. The van der Waals surface area contributed by atoms with Crippen molar-refractivity contribution < 1.29 is 0 Å². The summed E-state index contributed by atoms with van der Waals surface area (Å²) < 4.78 is 0. The second kappa shape index (κ2) is 4.02. The second-order valence-electron chi connectivity index (χ2n) is 2.54. The predicted octanol–water partition coefficient (Wildman–Crippen LogP) is 2.78. The first kappa shape index (κ1) is 10.0. The van der Waals surface area contributed by atoms with Crippen LogP contribution in [-0.4, -0.2) is 0 Å². The Morgan fingerprint density at radius 1 is 1.36 bits per heavy atom. The molecule has 62 valence electrons. The van der Waals surface area contributed by atoms with Gasteiger partial charge >= 0.3 is 0 Å². The molecule has 1 aromatic carbocycles. The van der Waals surface area contributed by atoms with Crippen molar-refractivity contribution in [2.45, 2.75) is 27.7 Å². The molecule has 0 unspecified atom stereocenters. The van der Waals surface area contributed by atoms with E-state index in [1.54, 1.807) is 0 Å². The number of aryl methyl sites for hydroxylation is 2. The van der Waals surface area contributed by atoms with E-state index >= 15 is 0 Å². The van der Waals surface area contributed by atoms with Crippen LogP contribution in [0.4, 0.5) is 5.69 Å². The summed E-state index contributed by atoms with van der Waals surface area (Å²) in [7, 11) is 0. The summed E-state index contributed by atoms with van der Waals surface area (Å²) in [5, 5.41) is 0. The molecule has 0 fully saturated rings. The predicted molar refractivity (Wildman–Crippen MR) is 51.7 cm³/mol. The standard InChI is InChI=1S/C9H13N.CH4/c1-3-8-4-5-9(10)7(2)6-8;/h4-6H,3,10H2,1-2H3;1H4. The topological polar surface area (TPSA) is 26.0 Å². The van der Waals surface area contributed by atoms with Crippen molar-refractivity contribution in [2.75, 3.05) is 5.73 Å². The SMILES string of the molecule is C.CCc1ccc(N)c(C)c1. The van der Waals surface area contributed by atoms with Crippen molar-refractivity contribution in [3.8, 4) is 0 Å². The van der Waals surface area contributed by atoms with E-state index in [1.165, 1.54) is 11.1 Å². The highest BCUT2D eigenvalue weighted by Crippen LogP contribution is 2.12. The monoisotopic (exact) mass is 151 g/mol. The first-order chi connectivity index (χ1) is 4.74. The zero-order chi connectivity index (χ0) is 7.56. The quantitative estimate of drug-likeness (QED) is 0.614. The number of nitrogens with two attached hydrogens (primary N) is 1. The van der Waals surface area contributed by atoms with Gasteiger partial charge in [0.2, 0.25) is 0 Å². The van der Waals surface area contributed by atoms with Crippen molar-refractivity contribution in [2.24, 2.45) is 0 Å². The van der Waals surface area contributed by atoms with E-state index in [4.69, 9.17) is 5.73 Å². The van der Waals surface area contributed by atoms with E-state index in [2.05, 4.69) is 19.1 Å². The Labute approximate surface area is 69.2 Å². The maximum Gasteiger partial charge on any atom is 0.0343 e. The molecule has 1 rings (SSSR count). The van der Waals surface area contributed by atoms with Gasteiger partial charge in [-0.2, -0.15) is 0 Å². The molecular formula is C10H17N. The highest BCUT2D eigenvalue weighted by molar-refractivity contribution is 5.47. The highest BCUT2D eigenvalue weighted by atomic mass is 14.5. The van der Waals surface area contributed by atoms with Gasteiger partial charge in [-0.25, -0.2) is 0 Å². The van der Waals surface area contributed by atoms with Crippen molar-refractivity contribution in [1.82, 2.24) is 0 Å². The summed E-state index contributed by atoms with van der Waals surface area (Å²) in [6.07, 6.45) is 1.08. The molecule has 0 radical (unpaired) electrons. The first-order valence-electron chi connectivity index (χ1n) is 3.59. The second-order valence-corrected chi connectivity index (χ2v) is 2.54. The lowest BCUT2D eigenvalue weighted by molar-refractivity contribution is 1.13. The normalized spacial score (nSPS) is 8.91. The van der Waals surface area contributed by atoms with Crippen LogP contribution in [0, 0.1) is 6.92 Å². The van der Waals surface area contributed by atoms with Gasteiger partial charge in [0.1, 0.15) is 0 Å². The molecule has 1 heteroatoms. The molecular weight excluding hydrogens is 134 g/mol. The summed E-state index contributed by atoms with van der Waals surface area (Å²) in [6, 6.07) is 6.17. The molecule has 2 N–H and O–H groups in total. The van der Waals surface area contributed by atoms with Gasteiger partial charge in [-0.3, -0.25) is 0 Å². The minimum absolute atomic E-state index is 0. The van der Waals surface area contributed by atoms with Crippen molar-refractivity contribution in [3.05, 3.63) is 29.3 Å². The number of hydrogen-bond acceptors (Lipinski definition) is 1. The van der Waals surface area contributed by atoms with Gasteiger partial charge in [0.15, 0.2) is 0 Å². The number of hydrogen-bond donors (Lipinski definition) is 1. The van der Waals surface area contributed by atoms with E-state index in [1.807, 2.05) is 13.0 Å². The van der Waals surface area contributed by atoms with Crippen LogP contribution >= 0.6 is 0 Å². The third kappa shape index (κ3) is 2.26. The van der Waals surface area contributed by atoms with Crippen LogP contribution in [0.15, 0.2) is 18.2 Å². The van der Waals surface area contributed by atoms with Gasteiger partial charge < -0.3 is 5.73 Å². The average Bonchev–Trinajstić information content (AvgIpc) is 1.95. The van der Waals surface area contributed by atoms with Gasteiger partial charge in [0.05, 0.1) is 0 Å². The largest absolute Gasteiger partial charge is 0.399 e. The summed E-state index contributed by atoms with van der Waals surface area (Å²) in [5.41, 5.74) is 9.06. The van der Waals surface area contributed by atoms with Crippen molar-refractivity contribution >= 4 is 5.69 Å². The third-order valence-electron chi connectivity index (χ3n) is 1.74. The summed E-state index contributed by atoms with van der Waals surface area (Å²) in [6.45, 7) is 4.18. The van der Waals surface area contributed by atoms with E-state index in [0.717, 1.165) is 12.1 Å². The van der Waals surface area contributed by atoms with E-state index in [9.17, 15) is 0 Å². The van der Waals surface area contributed by atoms with Gasteiger partial charge in [-0.1, -0.05) is 26.5 Å². The van der Waals surface area contributed by atoms with Crippen LogP contribution in [0.3, 0.4) is 0 Å². The molecule has 0 bridgehead atoms. The molecule has 11 heavy (non-hydrogen) atoms. The summed E-state index contributed by atoms with van der Waals surface area (Å²) in [4.78, 5) is 0. The number of nitrogen functional groups attached to an aromatic ring is 1. The summed E-state index contributed by atoms with van der Waals surface area (Å²) >= 11 is 0. The van der Waals surface area contributed by atoms with Crippen LogP contribution < -0.4 is 5.73 Å². The lowest BCUT2D eigenvalue weighted by Crippen LogP contribution is -1.90. The highest BCUT2D eigenvalue weighted by Gasteiger charge is 1.92. The molecule has 0 saturated carbocycles. The zero-order valence-corrected chi connectivity index (χ0v) is 6.52. The van der Waals surface area contributed by atoms with Crippen LogP contribution in [0.1, 0.15) is 25.5 Å². The van der Waals surface area contributed by atoms with E-state index in [0.29, 0.717) is 0 Å². The molecule has 0 spiro atoms. The fraction of sp³-hybridized carbons (Fsp3) is 0.400. The molecule has 1 aromatic rings. The average molecular weight is 151 g/mol. The Hall–Kier alpha value is -0.980. The summed E-state index contributed by atoms with van der Waals surface area (Å²) in [5.74, 6) is 0. The lowest BCUT2D eigenvalue weighted by atomic mass is 10.1. The Morgan fingerprint density at radius 3 is 2.45 bits per heavy atom. The first-order valence-corrected chi connectivity index (χ1v) is 3.59. The maximum atomic E-state index is 5.64. The van der Waals surface area contributed by atoms with Crippen molar-refractivity contribution in [1.29, 1.82) is 0 Å². The number of rotatable bonds is 1. The lowest BCUT2D eigenvalue weighted by Gasteiger charge is -2.01. The van der Waals surface area contributed by atoms with E-state index < -0.39 is 0 Å². The van der Waals surface area contributed by atoms with Crippen LogP contribution in [0.5, 0.6) is 0 Å². The minimum atomic E-state index is 0. The number of benzene rings is 1. The molecule has 0 aromatic heterocycles. The molecule has 0 saturated heterocycles. The molecule has 0 aliphatic carbocycles. The molecule has 0 aliphatic heterocycles. The Balaban J connectivity index is 0.000001000. The fourth-order valence-corrected chi connectivity index (χ4v) is 0.958. The molecule has 0 heterocycles. The van der Waals surface area contributed by atoms with Crippen molar-refractivity contribution in [3.63, 3.8) is 0 Å². The fourth-order valence-electron chi connectivity index (χ4n) is 0.958. The Bertz CT molecular complexity index is 228. The van der Waals surface area contributed by atoms with Crippen LogP contribution in [0.2, 0.25) is 0 Å².